The number of benzene rings is 2. The van der Waals surface area contributed by atoms with Gasteiger partial charge in [0.05, 0.1) is 35.2 Å². The van der Waals surface area contributed by atoms with Crippen molar-refractivity contribution >= 4 is 45.3 Å². The molecule has 6 N–H and O–H groups in total. The molecule has 0 fully saturated rings. The summed E-state index contributed by atoms with van der Waals surface area (Å²) in [6.45, 7) is 19.6. The summed E-state index contributed by atoms with van der Waals surface area (Å²) in [7, 11) is 0. The topological polar surface area (TPSA) is 160 Å². The van der Waals surface area contributed by atoms with Gasteiger partial charge < -0.3 is 31.9 Å². The Labute approximate surface area is 340 Å². The fraction of sp³-hybridized carbons (Fsp3) is 0.409. The number of nitrogens with two attached hydrogens (primary N) is 2. The fourth-order valence-electron chi connectivity index (χ4n) is 6.77. The zero-order chi connectivity index (χ0) is 41.6. The molecule has 58 heavy (non-hydrogen) atoms. The Morgan fingerprint density at radius 1 is 0.569 bits per heavy atom. The highest BCUT2D eigenvalue weighted by molar-refractivity contribution is 5.89. The Hall–Kier alpha value is -5.60. The summed E-state index contributed by atoms with van der Waals surface area (Å²) in [5.74, 6) is 0.226. The lowest BCUT2D eigenvalue weighted by atomic mass is 10.1. The Morgan fingerprint density at radius 2 is 1.00 bits per heavy atom. The molecule has 2 atom stereocenters. The average molecular weight is 793 g/mol. The third kappa shape index (κ3) is 12.2. The first-order chi connectivity index (χ1) is 28.0. The van der Waals surface area contributed by atoms with Crippen LogP contribution >= 0.6 is 0 Å². The number of anilines is 4. The van der Waals surface area contributed by atoms with Crippen LogP contribution in [0.3, 0.4) is 0 Å². The molecule has 0 amide bonds. The predicted molar refractivity (Wildman–Crippen MR) is 234 cm³/mol. The maximum Gasteiger partial charge on any atom is 0.182 e. The summed E-state index contributed by atoms with van der Waals surface area (Å²) in [6, 6.07) is 16.5. The SMILES string of the molecule is CCN(CC)CCCC(C)Nc1cc(N)nc2nc(-c3ccc(F)cc3)cnc12.CCN(CC)CCCC(C)Nc1cc(N)nc2ncc(-c3ccc(F)cc3)nc12. The molecule has 12 nitrogen and oxygen atoms in total. The minimum atomic E-state index is -0.286. The lowest BCUT2D eigenvalue weighted by Crippen LogP contribution is -2.25. The van der Waals surface area contributed by atoms with E-state index in [1.165, 1.54) is 24.3 Å². The quantitative estimate of drug-likeness (QED) is 0.0657. The maximum absolute atomic E-state index is 13.2. The number of nitrogen functional groups attached to an aromatic ring is 2. The van der Waals surface area contributed by atoms with E-state index >= 15 is 0 Å². The van der Waals surface area contributed by atoms with Crippen LogP contribution in [0.15, 0.2) is 73.1 Å². The van der Waals surface area contributed by atoms with Crippen molar-refractivity contribution < 1.29 is 8.78 Å². The molecule has 0 aliphatic carbocycles. The number of nitrogens with one attached hydrogen (secondary N) is 2. The second-order valence-electron chi connectivity index (χ2n) is 14.5. The van der Waals surface area contributed by atoms with Crippen LogP contribution < -0.4 is 22.1 Å². The highest BCUT2D eigenvalue weighted by atomic mass is 19.1. The van der Waals surface area contributed by atoms with Crippen LogP contribution in [0.1, 0.15) is 67.2 Å². The summed E-state index contributed by atoms with van der Waals surface area (Å²) in [6.07, 6.45) is 7.63. The highest BCUT2D eigenvalue weighted by Crippen LogP contribution is 2.28. The third-order valence-corrected chi connectivity index (χ3v) is 10.2. The minimum absolute atomic E-state index is 0.256. The fourth-order valence-corrected chi connectivity index (χ4v) is 6.77. The molecule has 6 rings (SSSR count). The minimum Gasteiger partial charge on any atom is -0.384 e. The predicted octanol–water partition coefficient (Wildman–Crippen LogP) is 8.67. The van der Waals surface area contributed by atoms with Crippen molar-refractivity contribution in [3.05, 3.63) is 84.7 Å². The van der Waals surface area contributed by atoms with Gasteiger partial charge in [-0.05, 0) is 127 Å². The van der Waals surface area contributed by atoms with Crippen LogP contribution in [0, 0.1) is 11.6 Å². The molecule has 4 aromatic heterocycles. The first-order valence-corrected chi connectivity index (χ1v) is 20.4. The van der Waals surface area contributed by atoms with Gasteiger partial charge in [0.15, 0.2) is 11.3 Å². The van der Waals surface area contributed by atoms with Crippen LogP contribution in [0.2, 0.25) is 0 Å². The highest BCUT2D eigenvalue weighted by Gasteiger charge is 2.14. The number of aromatic nitrogens is 6. The molecule has 308 valence electrons. The smallest absolute Gasteiger partial charge is 0.182 e. The zero-order valence-electron chi connectivity index (χ0n) is 34.6. The number of nitrogens with zero attached hydrogens (tertiary/aromatic N) is 8. The lowest BCUT2D eigenvalue weighted by Gasteiger charge is -2.20. The normalized spacial score (nSPS) is 12.4. The Bertz CT molecular complexity index is 2190. The van der Waals surface area contributed by atoms with Gasteiger partial charge >= 0.3 is 0 Å². The van der Waals surface area contributed by atoms with Gasteiger partial charge in [0.25, 0.3) is 0 Å². The Balaban J connectivity index is 0.000000221. The van der Waals surface area contributed by atoms with Crippen molar-refractivity contribution in [3.63, 3.8) is 0 Å². The molecule has 2 unspecified atom stereocenters. The summed E-state index contributed by atoms with van der Waals surface area (Å²) in [4.78, 5) is 31.8. The van der Waals surface area contributed by atoms with E-state index in [1.54, 1.807) is 48.8 Å². The Morgan fingerprint density at radius 3 is 1.48 bits per heavy atom. The summed E-state index contributed by atoms with van der Waals surface area (Å²) >= 11 is 0. The van der Waals surface area contributed by atoms with E-state index in [1.807, 2.05) is 0 Å². The molecule has 0 saturated carbocycles. The number of hydrogen-bond acceptors (Lipinski definition) is 12. The molecule has 0 aliphatic rings. The van der Waals surface area contributed by atoms with Gasteiger partial charge in [-0.1, -0.05) is 27.7 Å². The van der Waals surface area contributed by atoms with E-state index in [4.69, 9.17) is 16.5 Å². The molecule has 4 heterocycles. The Kier molecular flexibility index (Phi) is 15.9. The average Bonchev–Trinajstić information content (AvgIpc) is 3.21. The molecule has 0 aliphatic heterocycles. The van der Waals surface area contributed by atoms with E-state index in [0.29, 0.717) is 45.4 Å². The van der Waals surface area contributed by atoms with Gasteiger partial charge in [0, 0.05) is 35.3 Å². The summed E-state index contributed by atoms with van der Waals surface area (Å²) < 4.78 is 26.4. The van der Waals surface area contributed by atoms with Crippen molar-refractivity contribution in [1.29, 1.82) is 0 Å². The molecule has 2 aromatic carbocycles. The van der Waals surface area contributed by atoms with Crippen molar-refractivity contribution in [2.45, 2.75) is 79.3 Å². The second-order valence-corrected chi connectivity index (χ2v) is 14.5. The van der Waals surface area contributed by atoms with E-state index in [0.717, 1.165) is 87.5 Å². The van der Waals surface area contributed by atoms with Crippen LogP contribution in [-0.4, -0.2) is 91.1 Å². The molecule has 6 aromatic rings. The van der Waals surface area contributed by atoms with E-state index in [9.17, 15) is 8.78 Å². The molecular weight excluding hydrogens is 735 g/mol. The van der Waals surface area contributed by atoms with Gasteiger partial charge in [-0.3, -0.25) is 0 Å². The maximum atomic E-state index is 13.2. The van der Waals surface area contributed by atoms with Gasteiger partial charge in [0.2, 0.25) is 0 Å². The summed E-state index contributed by atoms with van der Waals surface area (Å²) in [5.41, 5.74) is 18.8. The zero-order valence-corrected chi connectivity index (χ0v) is 34.6. The number of halogens is 2. The number of rotatable bonds is 18. The van der Waals surface area contributed by atoms with E-state index < -0.39 is 0 Å². The standard InChI is InChI=1S/2C22H29FN6/c1-4-29(5-2)12-6-7-15(3)26-18-13-20(24)28-22-21(18)27-19(14-25-22)16-8-10-17(23)11-9-16;1-4-29(5-2)12-6-7-15(3)26-18-13-20(24)28-22-21(18)25-14-19(27-22)16-8-10-17(23)11-9-16/h8-11,13-15H,4-7,12H2,1-3H3,(H3,24,25,26,28);8-11,13-15H,4-7,12H2,1-3H3,(H3,24,26,27,28). The molecule has 14 heteroatoms. The largest absolute Gasteiger partial charge is 0.384 e. The van der Waals surface area contributed by atoms with Gasteiger partial charge in [0.1, 0.15) is 34.3 Å². The van der Waals surface area contributed by atoms with Crippen molar-refractivity contribution in [1.82, 2.24) is 39.7 Å². The molecule has 0 spiro atoms. The lowest BCUT2D eigenvalue weighted by molar-refractivity contribution is 0.295. The number of hydrogen-bond donors (Lipinski definition) is 4. The van der Waals surface area contributed by atoms with Crippen LogP contribution in [-0.2, 0) is 0 Å². The monoisotopic (exact) mass is 792 g/mol. The van der Waals surface area contributed by atoms with Crippen molar-refractivity contribution in [3.8, 4) is 22.5 Å². The van der Waals surface area contributed by atoms with Crippen molar-refractivity contribution in [2.75, 3.05) is 61.4 Å². The van der Waals surface area contributed by atoms with Gasteiger partial charge in [-0.2, -0.15) is 0 Å². The second kappa shape index (κ2) is 21.2. The van der Waals surface area contributed by atoms with Gasteiger partial charge in [-0.15, -0.1) is 0 Å². The first-order valence-electron chi connectivity index (χ1n) is 20.4. The number of pyridine rings is 2. The van der Waals surface area contributed by atoms with E-state index in [2.05, 4.69) is 86.9 Å². The van der Waals surface area contributed by atoms with Crippen LogP contribution in [0.25, 0.3) is 44.8 Å². The molecule has 0 bridgehead atoms. The summed E-state index contributed by atoms with van der Waals surface area (Å²) in [5, 5.41) is 7.03. The van der Waals surface area contributed by atoms with Crippen LogP contribution in [0.4, 0.5) is 31.8 Å². The molecule has 0 saturated heterocycles. The molecule has 0 radical (unpaired) electrons. The van der Waals surface area contributed by atoms with E-state index in [-0.39, 0.29) is 23.7 Å². The number of fused-ring (bicyclic) bond motifs is 2. The van der Waals surface area contributed by atoms with Crippen molar-refractivity contribution in [2.24, 2.45) is 0 Å². The molecular formula is C44H58F2N12. The van der Waals surface area contributed by atoms with Crippen LogP contribution in [0.5, 0.6) is 0 Å². The van der Waals surface area contributed by atoms with Gasteiger partial charge in [-0.25, -0.2) is 38.7 Å². The third-order valence-electron chi connectivity index (χ3n) is 10.2. The first kappa shape index (κ1) is 43.5.